The third kappa shape index (κ3) is 1.32. The molecular weight excluding hydrogens is 136 g/mol. The summed E-state index contributed by atoms with van der Waals surface area (Å²) >= 11 is 0. The van der Waals surface area contributed by atoms with Gasteiger partial charge in [0, 0.05) is 11.3 Å². The number of aromatic nitrogens is 1. The Kier molecular flexibility index (Phi) is 1.82. The lowest BCUT2D eigenvalue weighted by Gasteiger charge is -2.02. The second-order valence-corrected chi connectivity index (χ2v) is 2.45. The molecule has 56 valence electrons. The van der Waals surface area contributed by atoms with Crippen molar-refractivity contribution in [3.05, 3.63) is 22.9 Å². The molecule has 0 bridgehead atoms. The van der Waals surface area contributed by atoms with Crippen LogP contribution in [0.3, 0.4) is 0 Å². The Morgan fingerprint density at radius 1 is 1.55 bits per heavy atom. The number of nitrogens with zero attached hydrogens (tertiary/aromatic N) is 1. The number of pyridine rings is 1. The second kappa shape index (κ2) is 2.63. The van der Waals surface area contributed by atoms with Crippen molar-refractivity contribution in [1.82, 2.24) is 4.98 Å². The summed E-state index contributed by atoms with van der Waals surface area (Å²) in [5.74, 6) is 3.04. The van der Waals surface area contributed by atoms with Crippen LogP contribution in [0.5, 0.6) is 0 Å². The van der Waals surface area contributed by atoms with E-state index < -0.39 is 0 Å². The summed E-state index contributed by atoms with van der Waals surface area (Å²) in [5, 5.41) is 0. The minimum Gasteiger partial charge on any atom is -0.384 e. The molecule has 0 saturated heterocycles. The van der Waals surface area contributed by atoms with Gasteiger partial charge < -0.3 is 5.73 Å². The second-order valence-electron chi connectivity index (χ2n) is 2.45. The van der Waals surface area contributed by atoms with Crippen LogP contribution in [0.25, 0.3) is 0 Å². The van der Waals surface area contributed by atoms with Crippen LogP contribution < -0.4 is 5.73 Å². The molecule has 0 aliphatic rings. The largest absolute Gasteiger partial charge is 0.384 e. The van der Waals surface area contributed by atoms with Gasteiger partial charge in [0.1, 0.15) is 5.82 Å². The first-order valence-electron chi connectivity index (χ1n) is 3.35. The highest BCUT2D eigenvalue weighted by atomic mass is 14.8. The monoisotopic (exact) mass is 146 g/mol. The van der Waals surface area contributed by atoms with E-state index in [9.17, 15) is 0 Å². The molecule has 0 aliphatic carbocycles. The van der Waals surface area contributed by atoms with Gasteiger partial charge in [0.15, 0.2) is 0 Å². The number of nitrogen functional groups attached to an aromatic ring is 1. The zero-order chi connectivity index (χ0) is 8.43. The molecule has 0 fully saturated rings. The molecule has 11 heavy (non-hydrogen) atoms. The quantitative estimate of drug-likeness (QED) is 0.560. The molecule has 0 amide bonds. The Labute approximate surface area is 66.4 Å². The van der Waals surface area contributed by atoms with E-state index in [1.54, 1.807) is 6.07 Å². The van der Waals surface area contributed by atoms with Crippen LogP contribution in [-0.2, 0) is 0 Å². The minimum absolute atomic E-state index is 0.487. The number of terminal acetylenes is 1. The third-order valence-corrected chi connectivity index (χ3v) is 1.69. The number of hydrogen-bond donors (Lipinski definition) is 1. The van der Waals surface area contributed by atoms with Gasteiger partial charge in [0.25, 0.3) is 0 Å². The van der Waals surface area contributed by atoms with Crippen LogP contribution in [0, 0.1) is 26.2 Å². The van der Waals surface area contributed by atoms with Crippen molar-refractivity contribution < 1.29 is 0 Å². The third-order valence-electron chi connectivity index (χ3n) is 1.69. The van der Waals surface area contributed by atoms with E-state index in [0.29, 0.717) is 5.82 Å². The van der Waals surface area contributed by atoms with E-state index >= 15 is 0 Å². The summed E-state index contributed by atoms with van der Waals surface area (Å²) in [7, 11) is 0. The summed E-state index contributed by atoms with van der Waals surface area (Å²) in [6.07, 6.45) is 5.26. The maximum Gasteiger partial charge on any atom is 0.124 e. The minimum atomic E-state index is 0.487. The highest BCUT2D eigenvalue weighted by Crippen LogP contribution is 2.12. The molecule has 2 nitrogen and oxygen atoms in total. The van der Waals surface area contributed by atoms with Crippen LogP contribution in [0.15, 0.2) is 6.07 Å². The molecular formula is C9H10N2. The Morgan fingerprint density at radius 3 is 2.73 bits per heavy atom. The van der Waals surface area contributed by atoms with Gasteiger partial charge in [-0.25, -0.2) is 4.98 Å². The Hall–Kier alpha value is -1.49. The summed E-state index contributed by atoms with van der Waals surface area (Å²) in [5.41, 5.74) is 8.26. The first-order chi connectivity index (χ1) is 5.15. The van der Waals surface area contributed by atoms with Gasteiger partial charge in [-0.2, -0.15) is 0 Å². The number of nitrogens with two attached hydrogens (primary N) is 1. The van der Waals surface area contributed by atoms with E-state index in [0.717, 1.165) is 16.8 Å². The van der Waals surface area contributed by atoms with E-state index in [-0.39, 0.29) is 0 Å². The van der Waals surface area contributed by atoms with Crippen LogP contribution in [0.2, 0.25) is 0 Å². The summed E-state index contributed by atoms with van der Waals surface area (Å²) in [6, 6.07) is 1.71. The van der Waals surface area contributed by atoms with E-state index in [1.165, 1.54) is 0 Å². The predicted molar refractivity (Wildman–Crippen MR) is 46.1 cm³/mol. The maximum absolute atomic E-state index is 5.50. The highest BCUT2D eigenvalue weighted by molar-refractivity contribution is 5.47. The lowest BCUT2D eigenvalue weighted by atomic mass is 10.1. The van der Waals surface area contributed by atoms with Gasteiger partial charge in [-0.3, -0.25) is 0 Å². The molecule has 1 rings (SSSR count). The summed E-state index contributed by atoms with van der Waals surface area (Å²) in [4.78, 5) is 4.06. The van der Waals surface area contributed by atoms with Crippen LogP contribution in [-0.4, -0.2) is 4.98 Å². The van der Waals surface area contributed by atoms with Crippen molar-refractivity contribution in [2.24, 2.45) is 0 Å². The van der Waals surface area contributed by atoms with Crippen molar-refractivity contribution in [2.75, 3.05) is 5.73 Å². The van der Waals surface area contributed by atoms with Crippen molar-refractivity contribution in [3.63, 3.8) is 0 Å². The topological polar surface area (TPSA) is 38.9 Å². The summed E-state index contributed by atoms with van der Waals surface area (Å²) in [6.45, 7) is 3.84. The van der Waals surface area contributed by atoms with Crippen molar-refractivity contribution >= 4 is 5.82 Å². The van der Waals surface area contributed by atoms with Crippen LogP contribution in [0.4, 0.5) is 5.82 Å². The Bertz CT molecular complexity index is 321. The molecule has 0 aromatic carbocycles. The number of rotatable bonds is 0. The van der Waals surface area contributed by atoms with E-state index in [1.807, 2.05) is 13.8 Å². The molecule has 2 heteroatoms. The van der Waals surface area contributed by atoms with Gasteiger partial charge in [0.05, 0.1) is 0 Å². The molecule has 1 aromatic rings. The molecule has 0 aliphatic heterocycles. The van der Waals surface area contributed by atoms with Crippen molar-refractivity contribution in [2.45, 2.75) is 13.8 Å². The fourth-order valence-electron chi connectivity index (χ4n) is 0.911. The molecule has 0 unspecified atom stereocenters. The number of anilines is 1. The SMILES string of the molecule is C#Cc1cc(N)nc(C)c1C. The van der Waals surface area contributed by atoms with Gasteiger partial charge >= 0.3 is 0 Å². The fraction of sp³-hybridized carbons (Fsp3) is 0.222. The van der Waals surface area contributed by atoms with Crippen LogP contribution >= 0.6 is 0 Å². The number of hydrogen-bond acceptors (Lipinski definition) is 2. The van der Waals surface area contributed by atoms with Crippen molar-refractivity contribution in [1.29, 1.82) is 0 Å². The van der Waals surface area contributed by atoms with Gasteiger partial charge in [0.2, 0.25) is 0 Å². The molecule has 0 atom stereocenters. The average molecular weight is 146 g/mol. The number of aryl methyl sites for hydroxylation is 1. The maximum atomic E-state index is 5.50. The van der Waals surface area contributed by atoms with Gasteiger partial charge in [-0.1, -0.05) is 5.92 Å². The lowest BCUT2D eigenvalue weighted by Crippen LogP contribution is -1.97. The van der Waals surface area contributed by atoms with E-state index in [2.05, 4.69) is 10.9 Å². The van der Waals surface area contributed by atoms with E-state index in [4.69, 9.17) is 12.2 Å². The van der Waals surface area contributed by atoms with Crippen LogP contribution in [0.1, 0.15) is 16.8 Å². The first-order valence-corrected chi connectivity index (χ1v) is 3.35. The van der Waals surface area contributed by atoms with Gasteiger partial charge in [-0.05, 0) is 25.5 Å². The lowest BCUT2D eigenvalue weighted by molar-refractivity contribution is 1.15. The zero-order valence-corrected chi connectivity index (χ0v) is 6.68. The predicted octanol–water partition coefficient (Wildman–Crippen LogP) is 1.26. The first kappa shape index (κ1) is 7.62. The molecule has 0 spiro atoms. The fourth-order valence-corrected chi connectivity index (χ4v) is 0.911. The van der Waals surface area contributed by atoms with Crippen molar-refractivity contribution in [3.8, 4) is 12.3 Å². The molecule has 2 N–H and O–H groups in total. The molecule has 1 heterocycles. The normalized spacial score (nSPS) is 9.18. The zero-order valence-electron chi connectivity index (χ0n) is 6.68. The highest BCUT2D eigenvalue weighted by Gasteiger charge is 2.00. The Morgan fingerprint density at radius 2 is 2.18 bits per heavy atom. The summed E-state index contributed by atoms with van der Waals surface area (Å²) < 4.78 is 0. The molecule has 0 saturated carbocycles. The molecule has 0 radical (unpaired) electrons. The standard InChI is InChI=1S/C9H10N2/c1-4-8-5-9(10)11-7(3)6(8)2/h1,5H,2-3H3,(H2,10,11). The average Bonchev–Trinajstić information content (AvgIpc) is 1.96. The van der Waals surface area contributed by atoms with Gasteiger partial charge in [-0.15, -0.1) is 6.42 Å². The smallest absolute Gasteiger partial charge is 0.124 e. The Balaban J connectivity index is 3.39. The molecule has 1 aromatic heterocycles.